The maximum Gasteiger partial charge on any atom is 0.294 e. The zero-order valence-electron chi connectivity index (χ0n) is 18.3. The third kappa shape index (κ3) is 6.35. The van der Waals surface area contributed by atoms with Crippen molar-refractivity contribution in [3.8, 4) is 5.75 Å². The molecule has 3 aromatic carbocycles. The van der Waals surface area contributed by atoms with Crippen molar-refractivity contribution in [1.29, 1.82) is 0 Å². The van der Waals surface area contributed by atoms with Crippen LogP contribution in [0.1, 0.15) is 11.1 Å². The Hall–Kier alpha value is -2.68. The summed E-state index contributed by atoms with van der Waals surface area (Å²) in [4.78, 5) is 38.6. The molecule has 1 fully saturated rings. The maximum atomic E-state index is 12.8. The SMILES string of the molecule is O=C(CN1C(=O)S/C(=C/c2cc(Cl)c(OCc3ccc(Cl)cc3)c(Cl)c2)C1=O)Nc1ccccc1Cl. The smallest absolute Gasteiger partial charge is 0.294 e. The number of carbonyl (C=O) groups is 3. The van der Waals surface area contributed by atoms with Gasteiger partial charge in [-0.05, 0) is 65.4 Å². The van der Waals surface area contributed by atoms with Crippen LogP contribution >= 0.6 is 58.2 Å². The van der Waals surface area contributed by atoms with E-state index in [1.54, 1.807) is 48.5 Å². The molecule has 3 amide bonds. The van der Waals surface area contributed by atoms with Crippen molar-refractivity contribution in [2.24, 2.45) is 0 Å². The van der Waals surface area contributed by atoms with Crippen LogP contribution in [0, 0.1) is 0 Å². The van der Waals surface area contributed by atoms with E-state index in [4.69, 9.17) is 51.1 Å². The van der Waals surface area contributed by atoms with Gasteiger partial charge < -0.3 is 10.1 Å². The van der Waals surface area contributed by atoms with Crippen LogP contribution in [0.2, 0.25) is 20.1 Å². The first-order chi connectivity index (χ1) is 17.2. The molecule has 4 rings (SSSR count). The third-order valence-corrected chi connectivity index (χ3v) is 6.99. The van der Waals surface area contributed by atoms with Crippen LogP contribution in [0.15, 0.2) is 65.6 Å². The molecule has 0 aliphatic carbocycles. The van der Waals surface area contributed by atoms with Crippen molar-refractivity contribution in [3.05, 3.63) is 96.8 Å². The number of para-hydroxylation sites is 1. The summed E-state index contributed by atoms with van der Waals surface area (Å²) in [7, 11) is 0. The number of nitrogens with zero attached hydrogens (tertiary/aromatic N) is 1. The second kappa shape index (κ2) is 11.6. The summed E-state index contributed by atoms with van der Waals surface area (Å²) in [6.07, 6.45) is 1.48. The summed E-state index contributed by atoms with van der Waals surface area (Å²) in [6.45, 7) is -0.225. The average molecular weight is 582 g/mol. The van der Waals surface area contributed by atoms with Crippen molar-refractivity contribution >= 4 is 87.0 Å². The van der Waals surface area contributed by atoms with Crippen LogP contribution in [-0.2, 0) is 16.2 Å². The third-order valence-electron chi connectivity index (χ3n) is 4.94. The zero-order chi connectivity index (χ0) is 25.8. The molecule has 36 heavy (non-hydrogen) atoms. The fraction of sp³-hybridized carbons (Fsp3) is 0.0800. The molecule has 1 saturated heterocycles. The van der Waals surface area contributed by atoms with E-state index >= 15 is 0 Å². The highest BCUT2D eigenvalue weighted by molar-refractivity contribution is 8.18. The van der Waals surface area contributed by atoms with Gasteiger partial charge in [0.2, 0.25) is 5.91 Å². The molecule has 11 heteroatoms. The number of anilines is 1. The Balaban J connectivity index is 1.44. The first kappa shape index (κ1) is 26.4. The Morgan fingerprint density at radius 3 is 2.28 bits per heavy atom. The molecule has 1 aliphatic rings. The summed E-state index contributed by atoms with van der Waals surface area (Å²) in [6, 6.07) is 16.9. The Morgan fingerprint density at radius 1 is 0.944 bits per heavy atom. The number of ether oxygens (including phenoxy) is 1. The van der Waals surface area contributed by atoms with E-state index in [0.717, 1.165) is 10.5 Å². The van der Waals surface area contributed by atoms with Gasteiger partial charge >= 0.3 is 0 Å². The molecule has 184 valence electrons. The topological polar surface area (TPSA) is 75.7 Å². The highest BCUT2D eigenvalue weighted by Crippen LogP contribution is 2.38. The minimum Gasteiger partial charge on any atom is -0.486 e. The molecule has 0 atom stereocenters. The molecule has 6 nitrogen and oxygen atoms in total. The first-order valence-corrected chi connectivity index (χ1v) is 12.7. The molecule has 0 bridgehead atoms. The molecule has 1 aliphatic heterocycles. The molecule has 0 spiro atoms. The molecule has 0 aromatic heterocycles. The van der Waals surface area contributed by atoms with Gasteiger partial charge in [-0.15, -0.1) is 0 Å². The van der Waals surface area contributed by atoms with Gasteiger partial charge in [-0.25, -0.2) is 0 Å². The van der Waals surface area contributed by atoms with E-state index in [9.17, 15) is 14.4 Å². The van der Waals surface area contributed by atoms with Gasteiger partial charge in [-0.3, -0.25) is 19.3 Å². The maximum absolute atomic E-state index is 12.8. The Morgan fingerprint density at radius 2 is 1.61 bits per heavy atom. The van der Waals surface area contributed by atoms with Crippen LogP contribution in [0.3, 0.4) is 0 Å². The lowest BCUT2D eigenvalue weighted by molar-refractivity contribution is -0.127. The summed E-state index contributed by atoms with van der Waals surface area (Å²) in [5, 5.41) is 3.45. The second-order valence-electron chi connectivity index (χ2n) is 7.52. The minimum absolute atomic E-state index is 0.132. The molecular formula is C25H16Cl4N2O4S. The Labute approximate surface area is 231 Å². The van der Waals surface area contributed by atoms with Gasteiger partial charge in [0.25, 0.3) is 11.1 Å². The lowest BCUT2D eigenvalue weighted by Gasteiger charge is -2.13. The van der Waals surface area contributed by atoms with E-state index in [1.807, 2.05) is 12.1 Å². The summed E-state index contributed by atoms with van der Waals surface area (Å²) < 4.78 is 5.76. The molecule has 3 aromatic rings. The van der Waals surface area contributed by atoms with Crippen molar-refractivity contribution in [2.75, 3.05) is 11.9 Å². The van der Waals surface area contributed by atoms with Crippen molar-refractivity contribution < 1.29 is 19.1 Å². The van der Waals surface area contributed by atoms with Crippen molar-refractivity contribution in [1.82, 2.24) is 4.90 Å². The number of thioether (sulfide) groups is 1. The van der Waals surface area contributed by atoms with Gasteiger partial charge in [0, 0.05) is 5.02 Å². The predicted molar refractivity (Wildman–Crippen MR) is 145 cm³/mol. The number of carbonyl (C=O) groups excluding carboxylic acids is 3. The van der Waals surface area contributed by atoms with Crippen LogP contribution in [0.25, 0.3) is 6.08 Å². The molecule has 1 N–H and O–H groups in total. The highest BCUT2D eigenvalue weighted by atomic mass is 35.5. The minimum atomic E-state index is -0.602. The number of imide groups is 1. The normalized spacial score (nSPS) is 14.4. The van der Waals surface area contributed by atoms with Gasteiger partial charge in [0.1, 0.15) is 13.2 Å². The average Bonchev–Trinajstić information content (AvgIpc) is 3.08. The number of rotatable bonds is 7. The molecule has 1 heterocycles. The van der Waals surface area contributed by atoms with Gasteiger partial charge in [-0.1, -0.05) is 70.7 Å². The Kier molecular flexibility index (Phi) is 8.49. The highest BCUT2D eigenvalue weighted by Gasteiger charge is 2.36. The van der Waals surface area contributed by atoms with Crippen molar-refractivity contribution in [2.45, 2.75) is 6.61 Å². The van der Waals surface area contributed by atoms with Crippen molar-refractivity contribution in [3.63, 3.8) is 0 Å². The van der Waals surface area contributed by atoms with Crippen LogP contribution < -0.4 is 10.1 Å². The fourth-order valence-corrected chi connectivity index (χ4v) is 4.98. The predicted octanol–water partition coefficient (Wildman–Crippen LogP) is 7.55. The van der Waals surface area contributed by atoms with E-state index in [-0.39, 0.29) is 27.3 Å². The number of benzene rings is 3. The summed E-state index contributed by atoms with van der Waals surface area (Å²) in [5.74, 6) is -0.871. The lowest BCUT2D eigenvalue weighted by atomic mass is 10.2. The monoisotopic (exact) mass is 580 g/mol. The Bertz CT molecular complexity index is 1360. The molecular weight excluding hydrogens is 566 g/mol. The largest absolute Gasteiger partial charge is 0.486 e. The van der Waals surface area contributed by atoms with Crippen LogP contribution in [0.4, 0.5) is 10.5 Å². The second-order valence-corrected chi connectivity index (χ2v) is 10.2. The molecule has 0 saturated carbocycles. The van der Waals surface area contributed by atoms with Crippen LogP contribution in [0.5, 0.6) is 5.75 Å². The number of amides is 3. The van der Waals surface area contributed by atoms with E-state index in [2.05, 4.69) is 5.32 Å². The quantitative estimate of drug-likeness (QED) is 0.291. The summed E-state index contributed by atoms with van der Waals surface area (Å²) in [5.41, 5.74) is 1.76. The van der Waals surface area contributed by atoms with E-state index < -0.39 is 23.6 Å². The number of halogens is 4. The molecule has 0 radical (unpaired) electrons. The van der Waals surface area contributed by atoms with Gasteiger partial charge in [-0.2, -0.15) is 0 Å². The standard InChI is InChI=1S/C25H16Cl4N2O4S/c26-16-7-5-14(6-8-16)13-35-23-18(28)9-15(10-19(23)29)11-21-24(33)31(25(34)36-21)12-22(32)30-20-4-2-1-3-17(20)27/h1-11H,12-13H2,(H,30,32)/b21-11+. The van der Waals surface area contributed by atoms with E-state index in [1.165, 1.54) is 6.08 Å². The zero-order valence-corrected chi connectivity index (χ0v) is 22.1. The fourth-order valence-electron chi connectivity index (χ4n) is 3.22. The number of hydrogen-bond donors (Lipinski definition) is 1. The van der Waals surface area contributed by atoms with Crippen LogP contribution in [-0.4, -0.2) is 28.5 Å². The summed E-state index contributed by atoms with van der Waals surface area (Å²) >= 11 is 25.4. The van der Waals surface area contributed by atoms with E-state index in [0.29, 0.717) is 33.1 Å². The van der Waals surface area contributed by atoms with Gasteiger partial charge in [0.05, 0.1) is 25.7 Å². The van der Waals surface area contributed by atoms with Gasteiger partial charge in [0.15, 0.2) is 5.75 Å². The number of hydrogen-bond acceptors (Lipinski definition) is 5. The lowest BCUT2D eigenvalue weighted by Crippen LogP contribution is -2.36. The first-order valence-electron chi connectivity index (χ1n) is 10.4. The molecule has 0 unspecified atom stereocenters. The number of nitrogens with one attached hydrogen (secondary N) is 1.